The van der Waals surface area contributed by atoms with Gasteiger partial charge in [0.25, 0.3) is 5.56 Å². The molecule has 0 saturated heterocycles. The maximum Gasteiger partial charge on any atom is 0.269 e. The van der Waals surface area contributed by atoms with Crippen LogP contribution in [0.15, 0.2) is 95.0 Å². The van der Waals surface area contributed by atoms with E-state index >= 15 is 0 Å². The van der Waals surface area contributed by atoms with E-state index in [2.05, 4.69) is 29.3 Å². The largest absolute Gasteiger partial charge is 0.382 e. The van der Waals surface area contributed by atoms with Gasteiger partial charge in [-0.2, -0.15) is 0 Å². The fraction of sp³-hybridized carbons (Fsp3) is 0.217. The molecule has 7 nitrogen and oxygen atoms in total. The molecule has 0 fully saturated rings. The average Bonchev–Trinajstić information content (AvgIpc) is 2.72. The molecule has 1 aliphatic heterocycles. The minimum Gasteiger partial charge on any atom is -0.382 e. The van der Waals surface area contributed by atoms with Crippen LogP contribution < -0.4 is 26.9 Å². The Morgan fingerprint density at radius 2 is 1.87 bits per heavy atom. The van der Waals surface area contributed by atoms with Gasteiger partial charge in [-0.3, -0.25) is 14.6 Å². The SMILES string of the molecule is C=C(NC=O)C1=CC(NCCc2ccccc2)=C(N)N(n2ccccc2=O)C1(C)C. The second kappa shape index (κ2) is 8.73. The Bertz CT molecular complexity index is 1050. The number of nitrogens with one attached hydrogen (secondary N) is 2. The number of nitrogens with zero attached hydrogens (tertiary/aromatic N) is 2. The van der Waals surface area contributed by atoms with Crippen LogP contribution in [0.2, 0.25) is 0 Å². The Labute approximate surface area is 176 Å². The lowest BCUT2D eigenvalue weighted by molar-refractivity contribution is -0.108. The molecule has 3 rings (SSSR count). The Morgan fingerprint density at radius 1 is 1.17 bits per heavy atom. The molecule has 30 heavy (non-hydrogen) atoms. The van der Waals surface area contributed by atoms with Crippen LogP contribution in [0, 0.1) is 0 Å². The van der Waals surface area contributed by atoms with Gasteiger partial charge in [0.15, 0.2) is 0 Å². The summed E-state index contributed by atoms with van der Waals surface area (Å²) in [5.41, 5.74) is 8.62. The first-order valence-electron chi connectivity index (χ1n) is 9.73. The highest BCUT2D eigenvalue weighted by atomic mass is 16.1. The first-order valence-corrected chi connectivity index (χ1v) is 9.73. The summed E-state index contributed by atoms with van der Waals surface area (Å²) in [4.78, 5) is 23.6. The summed E-state index contributed by atoms with van der Waals surface area (Å²) >= 11 is 0. The van der Waals surface area contributed by atoms with Crippen molar-refractivity contribution in [3.63, 3.8) is 0 Å². The van der Waals surface area contributed by atoms with Gasteiger partial charge in [-0.25, -0.2) is 4.68 Å². The third-order valence-electron chi connectivity index (χ3n) is 5.13. The van der Waals surface area contributed by atoms with Crippen LogP contribution in [0.25, 0.3) is 0 Å². The lowest BCUT2D eigenvalue weighted by Crippen LogP contribution is -2.59. The zero-order valence-electron chi connectivity index (χ0n) is 17.3. The molecule has 0 atom stereocenters. The maximum atomic E-state index is 12.6. The summed E-state index contributed by atoms with van der Waals surface area (Å²) in [6, 6.07) is 15.0. The second-order valence-corrected chi connectivity index (χ2v) is 7.51. The highest BCUT2D eigenvalue weighted by molar-refractivity contribution is 5.59. The standard InChI is InChI=1S/C23H27N5O2/c1-17(26-16-29)19-15-20(25-13-12-18-9-5-4-6-10-18)22(24)28(23(19,2)3)27-14-8-7-11-21(27)30/h4-11,14-16,25H,1,12-13,24H2,2-3H3,(H,26,29). The summed E-state index contributed by atoms with van der Waals surface area (Å²) in [5, 5.41) is 7.71. The lowest BCUT2D eigenvalue weighted by atomic mass is 9.87. The van der Waals surface area contributed by atoms with E-state index in [-0.39, 0.29) is 5.56 Å². The van der Waals surface area contributed by atoms with Crippen LogP contribution in [0.1, 0.15) is 19.4 Å². The molecule has 156 valence electrons. The molecule has 4 N–H and O–H groups in total. The number of rotatable bonds is 8. The van der Waals surface area contributed by atoms with Gasteiger partial charge in [-0.15, -0.1) is 0 Å². The number of amides is 1. The number of hydrogen-bond acceptors (Lipinski definition) is 5. The van der Waals surface area contributed by atoms with Gasteiger partial charge < -0.3 is 16.4 Å². The normalized spacial score (nSPS) is 15.4. The molecular weight excluding hydrogens is 378 g/mol. The van der Waals surface area contributed by atoms with E-state index in [0.29, 0.717) is 30.2 Å². The van der Waals surface area contributed by atoms with Crippen molar-refractivity contribution in [3.05, 3.63) is 106 Å². The van der Waals surface area contributed by atoms with Gasteiger partial charge in [0.1, 0.15) is 5.82 Å². The fourth-order valence-electron chi connectivity index (χ4n) is 3.63. The Kier molecular flexibility index (Phi) is 6.11. The minimum atomic E-state index is -0.743. The van der Waals surface area contributed by atoms with Crippen molar-refractivity contribution in [2.45, 2.75) is 25.8 Å². The van der Waals surface area contributed by atoms with Gasteiger partial charge >= 0.3 is 0 Å². The molecule has 1 aliphatic rings. The van der Waals surface area contributed by atoms with Crippen LogP contribution in [0.4, 0.5) is 0 Å². The molecule has 1 aromatic heterocycles. The molecule has 2 heterocycles. The fourth-order valence-corrected chi connectivity index (χ4v) is 3.63. The zero-order valence-corrected chi connectivity index (χ0v) is 17.3. The second-order valence-electron chi connectivity index (χ2n) is 7.51. The highest BCUT2D eigenvalue weighted by Gasteiger charge is 2.39. The molecule has 1 aromatic carbocycles. The quantitative estimate of drug-likeness (QED) is 0.582. The van der Waals surface area contributed by atoms with Crippen molar-refractivity contribution >= 4 is 6.41 Å². The van der Waals surface area contributed by atoms with Gasteiger partial charge in [0.05, 0.1) is 11.2 Å². The van der Waals surface area contributed by atoms with E-state index < -0.39 is 5.54 Å². The summed E-state index contributed by atoms with van der Waals surface area (Å²) in [6.45, 7) is 8.47. The molecule has 7 heteroatoms. The van der Waals surface area contributed by atoms with Crippen molar-refractivity contribution in [2.75, 3.05) is 11.6 Å². The Morgan fingerprint density at radius 3 is 2.53 bits per heavy atom. The van der Waals surface area contributed by atoms with Crippen LogP contribution in [-0.2, 0) is 11.2 Å². The zero-order chi connectivity index (χ0) is 21.7. The Balaban J connectivity index is 1.99. The van der Waals surface area contributed by atoms with Gasteiger partial charge in [-0.1, -0.05) is 43.0 Å². The summed E-state index contributed by atoms with van der Waals surface area (Å²) in [7, 11) is 0. The van der Waals surface area contributed by atoms with E-state index in [9.17, 15) is 9.59 Å². The number of carbonyl (C=O) groups excluding carboxylic acids is 1. The third-order valence-corrected chi connectivity index (χ3v) is 5.13. The van der Waals surface area contributed by atoms with Crippen molar-refractivity contribution in [2.24, 2.45) is 5.73 Å². The average molecular weight is 406 g/mol. The number of nitrogens with two attached hydrogens (primary N) is 1. The van der Waals surface area contributed by atoms with Gasteiger partial charge in [0.2, 0.25) is 6.41 Å². The number of pyridine rings is 1. The lowest BCUT2D eigenvalue weighted by Gasteiger charge is -2.45. The molecule has 2 aromatic rings. The van der Waals surface area contributed by atoms with Gasteiger partial charge in [0, 0.05) is 30.1 Å². The molecule has 0 unspecified atom stereocenters. The number of carbonyl (C=O) groups is 1. The van der Waals surface area contributed by atoms with E-state index in [1.807, 2.05) is 38.1 Å². The van der Waals surface area contributed by atoms with Crippen LogP contribution in [-0.4, -0.2) is 23.2 Å². The number of benzene rings is 1. The first-order chi connectivity index (χ1) is 14.4. The van der Waals surface area contributed by atoms with Crippen LogP contribution in [0.5, 0.6) is 0 Å². The number of hydrogen-bond donors (Lipinski definition) is 3. The number of allylic oxidation sites excluding steroid dienone is 1. The smallest absolute Gasteiger partial charge is 0.269 e. The molecule has 0 spiro atoms. The minimum absolute atomic E-state index is 0.215. The van der Waals surface area contributed by atoms with E-state index in [1.165, 1.54) is 16.3 Å². The van der Waals surface area contributed by atoms with E-state index in [4.69, 9.17) is 5.73 Å². The third kappa shape index (κ3) is 4.15. The monoisotopic (exact) mass is 405 g/mol. The Hall–Kier alpha value is -3.74. The van der Waals surface area contributed by atoms with Gasteiger partial charge in [-0.05, 0) is 38.0 Å². The summed E-state index contributed by atoms with van der Waals surface area (Å²) in [5.74, 6) is 0.406. The molecule has 0 aliphatic carbocycles. The first kappa shape index (κ1) is 21.0. The van der Waals surface area contributed by atoms with E-state index in [0.717, 1.165) is 12.0 Å². The van der Waals surface area contributed by atoms with Crippen molar-refractivity contribution in [1.29, 1.82) is 0 Å². The molecule has 0 bridgehead atoms. The van der Waals surface area contributed by atoms with E-state index in [1.54, 1.807) is 23.3 Å². The van der Waals surface area contributed by atoms with Crippen LogP contribution >= 0.6 is 0 Å². The predicted octanol–water partition coefficient (Wildman–Crippen LogP) is 1.72. The number of aromatic nitrogens is 1. The molecule has 1 amide bonds. The van der Waals surface area contributed by atoms with Crippen LogP contribution in [0.3, 0.4) is 0 Å². The van der Waals surface area contributed by atoms with Crippen molar-refractivity contribution in [1.82, 2.24) is 15.3 Å². The summed E-state index contributed by atoms with van der Waals surface area (Å²) < 4.78 is 1.47. The molecule has 0 radical (unpaired) electrons. The van der Waals surface area contributed by atoms with Crippen molar-refractivity contribution < 1.29 is 4.79 Å². The van der Waals surface area contributed by atoms with Crippen molar-refractivity contribution in [3.8, 4) is 0 Å². The summed E-state index contributed by atoms with van der Waals surface area (Å²) in [6.07, 6.45) is 4.94. The predicted molar refractivity (Wildman–Crippen MR) is 119 cm³/mol. The molecule has 0 saturated carbocycles. The topological polar surface area (TPSA) is 92.4 Å². The maximum absolute atomic E-state index is 12.6. The highest BCUT2D eigenvalue weighted by Crippen LogP contribution is 2.33. The molecular formula is C23H27N5O2.